The van der Waals surface area contributed by atoms with Crippen molar-refractivity contribution >= 4 is 44.0 Å². The Hall–Kier alpha value is -2.73. The lowest BCUT2D eigenvalue weighted by molar-refractivity contribution is 0.346. The third kappa shape index (κ3) is 4.09. The van der Waals surface area contributed by atoms with Crippen LogP contribution in [0.3, 0.4) is 0 Å². The van der Waals surface area contributed by atoms with Crippen molar-refractivity contribution in [1.29, 1.82) is 0 Å². The fraction of sp³-hybridized carbons (Fsp3) is 0.320. The standard InChI is InChI=1S/C25H27BrN4O/c1-6-23-28-21-12-11-17(26)13-19(21)24(31)30(23)27-14-20-16(2)29(15-25(3,4)5)22-10-8-7-9-18(20)22/h7-14H,6,15H2,1-5H3. The molecule has 4 aromatic rings. The Morgan fingerprint density at radius 3 is 2.58 bits per heavy atom. The molecule has 0 fully saturated rings. The summed E-state index contributed by atoms with van der Waals surface area (Å²) in [5, 5.41) is 6.32. The maximum Gasteiger partial charge on any atom is 0.282 e. The van der Waals surface area contributed by atoms with E-state index in [1.165, 1.54) is 10.2 Å². The lowest BCUT2D eigenvalue weighted by atomic mass is 9.96. The minimum absolute atomic E-state index is 0.142. The van der Waals surface area contributed by atoms with Crippen LogP contribution in [0.2, 0.25) is 0 Å². The summed E-state index contributed by atoms with van der Waals surface area (Å²) in [5.41, 5.74) is 4.03. The van der Waals surface area contributed by atoms with E-state index in [0.29, 0.717) is 23.1 Å². The largest absolute Gasteiger partial charge is 0.344 e. The zero-order chi connectivity index (χ0) is 22.3. The number of hydrogen-bond acceptors (Lipinski definition) is 3. The first-order chi connectivity index (χ1) is 14.7. The van der Waals surface area contributed by atoms with Gasteiger partial charge in [-0.15, -0.1) is 0 Å². The first-order valence-electron chi connectivity index (χ1n) is 10.5. The summed E-state index contributed by atoms with van der Waals surface area (Å²) in [7, 11) is 0. The van der Waals surface area contributed by atoms with Crippen molar-refractivity contribution in [2.45, 2.75) is 47.6 Å². The Morgan fingerprint density at radius 1 is 1.13 bits per heavy atom. The van der Waals surface area contributed by atoms with E-state index in [2.05, 4.69) is 76.5 Å². The van der Waals surface area contributed by atoms with Crippen LogP contribution in [0.5, 0.6) is 0 Å². The average molecular weight is 479 g/mol. The van der Waals surface area contributed by atoms with Gasteiger partial charge in [0.2, 0.25) is 0 Å². The van der Waals surface area contributed by atoms with Crippen LogP contribution in [-0.2, 0) is 13.0 Å². The van der Waals surface area contributed by atoms with Crippen LogP contribution in [0.15, 0.2) is 56.8 Å². The predicted octanol–water partition coefficient (Wildman–Crippen LogP) is 5.91. The van der Waals surface area contributed by atoms with Crippen molar-refractivity contribution in [3.8, 4) is 0 Å². The van der Waals surface area contributed by atoms with E-state index in [-0.39, 0.29) is 11.0 Å². The van der Waals surface area contributed by atoms with Gasteiger partial charge in [0.1, 0.15) is 5.82 Å². The molecule has 0 saturated carbocycles. The van der Waals surface area contributed by atoms with Gasteiger partial charge in [0.05, 0.1) is 17.1 Å². The molecule has 6 heteroatoms. The molecule has 0 aliphatic heterocycles. The van der Waals surface area contributed by atoms with Gasteiger partial charge in [-0.2, -0.15) is 9.78 Å². The van der Waals surface area contributed by atoms with Crippen molar-refractivity contribution in [1.82, 2.24) is 14.2 Å². The third-order valence-corrected chi connectivity index (χ3v) is 5.90. The molecule has 0 radical (unpaired) electrons. The molecule has 2 aromatic carbocycles. The molecule has 0 amide bonds. The Labute approximate surface area is 190 Å². The minimum Gasteiger partial charge on any atom is -0.344 e. The first kappa shape index (κ1) is 21.5. The molecule has 31 heavy (non-hydrogen) atoms. The molecule has 4 rings (SSSR count). The van der Waals surface area contributed by atoms with Crippen LogP contribution >= 0.6 is 15.9 Å². The highest BCUT2D eigenvalue weighted by molar-refractivity contribution is 9.10. The Balaban J connectivity index is 1.90. The summed E-state index contributed by atoms with van der Waals surface area (Å²) in [6, 6.07) is 13.9. The highest BCUT2D eigenvalue weighted by Crippen LogP contribution is 2.28. The number of para-hydroxylation sites is 1. The van der Waals surface area contributed by atoms with Crippen LogP contribution in [0.4, 0.5) is 0 Å². The summed E-state index contributed by atoms with van der Waals surface area (Å²) in [6.07, 6.45) is 2.42. The molecule has 0 aliphatic carbocycles. The van der Waals surface area contributed by atoms with E-state index < -0.39 is 0 Å². The second-order valence-corrected chi connectivity index (χ2v) is 9.98. The molecule has 0 N–H and O–H groups in total. The van der Waals surface area contributed by atoms with Gasteiger partial charge >= 0.3 is 0 Å². The highest BCUT2D eigenvalue weighted by atomic mass is 79.9. The van der Waals surface area contributed by atoms with E-state index in [0.717, 1.165) is 27.7 Å². The number of hydrogen-bond donors (Lipinski definition) is 0. The Bertz CT molecular complexity index is 1370. The number of halogens is 1. The van der Waals surface area contributed by atoms with Crippen LogP contribution in [0.1, 0.15) is 44.8 Å². The zero-order valence-corrected chi connectivity index (χ0v) is 20.2. The minimum atomic E-state index is -0.157. The number of aromatic nitrogens is 3. The maximum absolute atomic E-state index is 13.2. The normalized spacial score (nSPS) is 12.5. The number of nitrogens with zero attached hydrogens (tertiary/aromatic N) is 4. The van der Waals surface area contributed by atoms with Crippen LogP contribution in [0.25, 0.3) is 21.8 Å². The quantitative estimate of drug-likeness (QED) is 0.342. The van der Waals surface area contributed by atoms with Crippen LogP contribution < -0.4 is 5.56 Å². The fourth-order valence-corrected chi connectivity index (χ4v) is 4.32. The topological polar surface area (TPSA) is 52.2 Å². The summed E-state index contributed by atoms with van der Waals surface area (Å²) >= 11 is 3.45. The molecular formula is C25H27BrN4O. The Morgan fingerprint density at radius 2 is 1.87 bits per heavy atom. The summed E-state index contributed by atoms with van der Waals surface area (Å²) in [6.45, 7) is 11.7. The lowest BCUT2D eigenvalue weighted by Gasteiger charge is -2.21. The van der Waals surface area contributed by atoms with Gasteiger partial charge in [0.15, 0.2) is 0 Å². The zero-order valence-electron chi connectivity index (χ0n) is 18.6. The van der Waals surface area contributed by atoms with E-state index in [4.69, 9.17) is 0 Å². The number of fused-ring (bicyclic) bond motifs is 2. The van der Waals surface area contributed by atoms with E-state index in [9.17, 15) is 4.79 Å². The van der Waals surface area contributed by atoms with Gasteiger partial charge in [-0.05, 0) is 36.6 Å². The van der Waals surface area contributed by atoms with Gasteiger partial charge in [0, 0.05) is 39.6 Å². The van der Waals surface area contributed by atoms with Crippen LogP contribution in [0, 0.1) is 12.3 Å². The molecule has 5 nitrogen and oxygen atoms in total. The van der Waals surface area contributed by atoms with E-state index in [1.807, 2.05) is 31.3 Å². The molecule has 0 aliphatic rings. The summed E-state index contributed by atoms with van der Waals surface area (Å²) in [5.74, 6) is 0.646. The second-order valence-electron chi connectivity index (χ2n) is 9.07. The molecule has 160 valence electrons. The van der Waals surface area contributed by atoms with Gasteiger partial charge in [-0.3, -0.25) is 4.79 Å². The smallest absolute Gasteiger partial charge is 0.282 e. The van der Waals surface area contributed by atoms with Crippen molar-refractivity contribution in [3.63, 3.8) is 0 Å². The second kappa shape index (κ2) is 8.08. The van der Waals surface area contributed by atoms with Gasteiger partial charge in [-0.1, -0.05) is 61.8 Å². The van der Waals surface area contributed by atoms with E-state index in [1.54, 1.807) is 6.07 Å². The third-order valence-electron chi connectivity index (χ3n) is 5.41. The van der Waals surface area contributed by atoms with Gasteiger partial charge < -0.3 is 4.57 Å². The number of rotatable bonds is 4. The molecule has 0 atom stereocenters. The number of aryl methyl sites for hydroxylation is 1. The lowest BCUT2D eigenvalue weighted by Crippen LogP contribution is -2.22. The van der Waals surface area contributed by atoms with Crippen LogP contribution in [-0.4, -0.2) is 20.4 Å². The average Bonchev–Trinajstić information content (AvgIpc) is 2.98. The predicted molar refractivity (Wildman–Crippen MR) is 132 cm³/mol. The van der Waals surface area contributed by atoms with Crippen molar-refractivity contribution in [3.05, 3.63) is 74.4 Å². The molecule has 2 heterocycles. The van der Waals surface area contributed by atoms with Gasteiger partial charge in [-0.25, -0.2) is 4.98 Å². The number of benzene rings is 2. The van der Waals surface area contributed by atoms with Crippen molar-refractivity contribution in [2.24, 2.45) is 10.5 Å². The SMILES string of the molecule is CCc1nc2ccc(Br)cc2c(=O)n1N=Cc1c(C)n(CC(C)(C)C)c2ccccc12. The highest BCUT2D eigenvalue weighted by Gasteiger charge is 2.18. The molecule has 0 saturated heterocycles. The molecule has 2 aromatic heterocycles. The summed E-state index contributed by atoms with van der Waals surface area (Å²) in [4.78, 5) is 17.9. The first-order valence-corrected chi connectivity index (χ1v) is 11.3. The Kier molecular flexibility index (Phi) is 5.60. The molecule has 0 spiro atoms. The van der Waals surface area contributed by atoms with Crippen molar-refractivity contribution < 1.29 is 0 Å². The van der Waals surface area contributed by atoms with Gasteiger partial charge in [0.25, 0.3) is 5.56 Å². The van der Waals surface area contributed by atoms with Crippen molar-refractivity contribution in [2.75, 3.05) is 0 Å². The molecule has 0 bridgehead atoms. The molecular weight excluding hydrogens is 452 g/mol. The van der Waals surface area contributed by atoms with E-state index >= 15 is 0 Å². The maximum atomic E-state index is 13.2. The monoisotopic (exact) mass is 478 g/mol. The molecule has 0 unspecified atom stereocenters. The fourth-order valence-electron chi connectivity index (χ4n) is 3.96. The summed E-state index contributed by atoms with van der Waals surface area (Å²) < 4.78 is 4.62.